The van der Waals surface area contributed by atoms with Gasteiger partial charge < -0.3 is 15.0 Å². The van der Waals surface area contributed by atoms with E-state index in [-0.39, 0.29) is 11.5 Å². The predicted octanol–water partition coefficient (Wildman–Crippen LogP) is 2.78. The number of carbonyl (C=O) groups excluding carboxylic acids is 1. The summed E-state index contributed by atoms with van der Waals surface area (Å²) in [5.41, 5.74) is 0.648. The fourth-order valence-electron chi connectivity index (χ4n) is 3.80. The average molecular weight is 422 g/mol. The Kier molecular flexibility index (Phi) is 6.11. The van der Waals surface area contributed by atoms with Gasteiger partial charge in [0, 0.05) is 25.0 Å². The minimum atomic E-state index is -0.701. The van der Waals surface area contributed by atoms with Crippen LogP contribution in [-0.2, 0) is 4.79 Å². The molecule has 9 nitrogen and oxygen atoms in total. The molecule has 162 valence electrons. The van der Waals surface area contributed by atoms with Gasteiger partial charge in [0.25, 0.3) is 5.56 Å². The maximum absolute atomic E-state index is 13.1. The first-order valence-electron chi connectivity index (χ1n) is 10.5. The molecule has 1 fully saturated rings. The molecule has 0 bridgehead atoms. The summed E-state index contributed by atoms with van der Waals surface area (Å²) in [5.74, 6) is 1.01. The summed E-state index contributed by atoms with van der Waals surface area (Å²) in [6.45, 7) is 3.67. The fraction of sp³-hybridized carbons (Fsp3) is 0.409. The van der Waals surface area contributed by atoms with Crippen LogP contribution in [0.5, 0.6) is 5.75 Å². The quantitative estimate of drug-likeness (QED) is 0.652. The van der Waals surface area contributed by atoms with Crippen molar-refractivity contribution >= 4 is 28.6 Å². The third-order valence-corrected chi connectivity index (χ3v) is 5.55. The van der Waals surface area contributed by atoms with E-state index in [1.54, 1.807) is 31.4 Å². The summed E-state index contributed by atoms with van der Waals surface area (Å²) in [4.78, 5) is 41.3. The van der Waals surface area contributed by atoms with Gasteiger partial charge in [-0.1, -0.05) is 6.92 Å². The third kappa shape index (κ3) is 4.35. The van der Waals surface area contributed by atoms with E-state index in [1.165, 1.54) is 23.5 Å². The van der Waals surface area contributed by atoms with E-state index in [2.05, 4.69) is 25.2 Å². The molecular formula is C22H26N6O3. The molecule has 1 N–H and O–H groups in total. The van der Waals surface area contributed by atoms with Gasteiger partial charge in [-0.05, 0) is 49.9 Å². The molecule has 9 heteroatoms. The number of hydrogen-bond acceptors (Lipinski definition) is 7. The van der Waals surface area contributed by atoms with Crippen LogP contribution in [-0.4, -0.2) is 45.6 Å². The SMILES string of the molecule is CC[C@@H](C(=O)Nc1ccc(OC)cc1)n1cnc2nc(N3CCCCC3)ncc2c1=O. The van der Waals surface area contributed by atoms with Crippen LogP contribution in [0.1, 0.15) is 38.6 Å². The Morgan fingerprint density at radius 3 is 2.58 bits per heavy atom. The van der Waals surface area contributed by atoms with E-state index in [9.17, 15) is 9.59 Å². The number of hydrogen-bond donors (Lipinski definition) is 1. The number of amides is 1. The first-order valence-corrected chi connectivity index (χ1v) is 10.5. The molecule has 0 spiro atoms. The predicted molar refractivity (Wildman–Crippen MR) is 119 cm³/mol. The number of ether oxygens (including phenoxy) is 1. The topological polar surface area (TPSA) is 102 Å². The van der Waals surface area contributed by atoms with Crippen molar-refractivity contribution < 1.29 is 9.53 Å². The molecule has 3 heterocycles. The molecule has 0 unspecified atom stereocenters. The first kappa shape index (κ1) is 20.8. The molecule has 1 aromatic carbocycles. The Labute approximate surface area is 180 Å². The van der Waals surface area contributed by atoms with Crippen LogP contribution in [0.4, 0.5) is 11.6 Å². The lowest BCUT2D eigenvalue weighted by Gasteiger charge is -2.26. The standard InChI is InChI=1S/C22H26N6O3/c1-3-18(20(29)25-15-7-9-16(31-2)10-8-15)28-14-24-19-17(21(28)30)13-23-22(26-19)27-11-5-4-6-12-27/h7-10,13-14,18H,3-6,11-12H2,1-2H3,(H,25,29)/t18-/m0/s1. The van der Waals surface area contributed by atoms with Gasteiger partial charge in [0.2, 0.25) is 11.9 Å². The number of nitrogens with zero attached hydrogens (tertiary/aromatic N) is 5. The smallest absolute Gasteiger partial charge is 0.265 e. The van der Waals surface area contributed by atoms with Crippen LogP contribution < -0.4 is 20.5 Å². The number of methoxy groups -OCH3 is 1. The zero-order chi connectivity index (χ0) is 21.8. The van der Waals surface area contributed by atoms with Gasteiger partial charge in [0.1, 0.15) is 23.5 Å². The third-order valence-electron chi connectivity index (χ3n) is 5.55. The van der Waals surface area contributed by atoms with Crippen LogP contribution in [0.25, 0.3) is 11.0 Å². The molecule has 1 atom stereocenters. The number of aromatic nitrogens is 4. The van der Waals surface area contributed by atoms with Crippen LogP contribution >= 0.6 is 0 Å². The largest absolute Gasteiger partial charge is 0.497 e. The Morgan fingerprint density at radius 1 is 1.16 bits per heavy atom. The summed E-state index contributed by atoms with van der Waals surface area (Å²) >= 11 is 0. The lowest BCUT2D eigenvalue weighted by atomic mass is 10.1. The monoisotopic (exact) mass is 422 g/mol. The zero-order valence-electron chi connectivity index (χ0n) is 17.7. The maximum Gasteiger partial charge on any atom is 0.265 e. The summed E-state index contributed by atoms with van der Waals surface area (Å²) in [6, 6.07) is 6.32. The van der Waals surface area contributed by atoms with Crippen molar-refractivity contribution in [1.82, 2.24) is 19.5 Å². The van der Waals surface area contributed by atoms with E-state index < -0.39 is 6.04 Å². The summed E-state index contributed by atoms with van der Waals surface area (Å²) in [6.07, 6.45) is 6.78. The van der Waals surface area contributed by atoms with Crippen molar-refractivity contribution in [3.05, 3.63) is 47.1 Å². The van der Waals surface area contributed by atoms with E-state index in [0.29, 0.717) is 34.8 Å². The Hall–Kier alpha value is -3.49. The lowest BCUT2D eigenvalue weighted by Crippen LogP contribution is -2.34. The summed E-state index contributed by atoms with van der Waals surface area (Å²) < 4.78 is 6.49. The maximum atomic E-state index is 13.1. The molecule has 0 saturated carbocycles. The summed E-state index contributed by atoms with van der Waals surface area (Å²) in [5, 5.41) is 3.15. The zero-order valence-corrected chi connectivity index (χ0v) is 17.7. The molecule has 3 aromatic rings. The molecule has 1 saturated heterocycles. The highest BCUT2D eigenvalue weighted by molar-refractivity contribution is 5.93. The molecule has 1 aliphatic rings. The minimum Gasteiger partial charge on any atom is -0.497 e. The molecule has 0 radical (unpaired) electrons. The second-order valence-corrected chi connectivity index (χ2v) is 7.55. The van der Waals surface area contributed by atoms with Gasteiger partial charge in [-0.15, -0.1) is 0 Å². The number of benzene rings is 1. The highest BCUT2D eigenvalue weighted by Gasteiger charge is 2.22. The molecule has 1 aliphatic heterocycles. The van der Waals surface area contributed by atoms with Crippen LogP contribution in [0, 0.1) is 0 Å². The molecule has 1 amide bonds. The second kappa shape index (κ2) is 9.11. The van der Waals surface area contributed by atoms with Gasteiger partial charge >= 0.3 is 0 Å². The molecular weight excluding hydrogens is 396 g/mol. The Balaban J connectivity index is 1.59. The number of anilines is 2. The number of carbonyl (C=O) groups is 1. The van der Waals surface area contributed by atoms with Crippen molar-refractivity contribution in [1.29, 1.82) is 0 Å². The van der Waals surface area contributed by atoms with Crippen molar-refractivity contribution in [2.75, 3.05) is 30.4 Å². The average Bonchev–Trinajstić information content (AvgIpc) is 2.82. The molecule has 2 aromatic heterocycles. The van der Waals surface area contributed by atoms with Crippen molar-refractivity contribution in [2.24, 2.45) is 0 Å². The minimum absolute atomic E-state index is 0.290. The molecule has 0 aliphatic carbocycles. The van der Waals surface area contributed by atoms with Gasteiger partial charge in [-0.2, -0.15) is 4.98 Å². The van der Waals surface area contributed by atoms with E-state index in [4.69, 9.17) is 4.74 Å². The van der Waals surface area contributed by atoms with Gasteiger partial charge in [-0.25, -0.2) is 9.97 Å². The molecule has 31 heavy (non-hydrogen) atoms. The van der Waals surface area contributed by atoms with Gasteiger partial charge in [0.15, 0.2) is 5.65 Å². The van der Waals surface area contributed by atoms with Crippen LogP contribution in [0.2, 0.25) is 0 Å². The van der Waals surface area contributed by atoms with Gasteiger partial charge in [0.05, 0.1) is 7.11 Å². The number of piperidine rings is 1. The highest BCUT2D eigenvalue weighted by Crippen LogP contribution is 2.19. The highest BCUT2D eigenvalue weighted by atomic mass is 16.5. The first-order chi connectivity index (χ1) is 15.1. The molecule has 4 rings (SSSR count). The number of nitrogens with one attached hydrogen (secondary N) is 1. The lowest BCUT2D eigenvalue weighted by molar-refractivity contribution is -0.119. The Bertz CT molecular complexity index is 1120. The van der Waals surface area contributed by atoms with E-state index in [0.717, 1.165) is 25.9 Å². The Morgan fingerprint density at radius 2 is 1.90 bits per heavy atom. The van der Waals surface area contributed by atoms with E-state index >= 15 is 0 Å². The number of rotatable bonds is 6. The fourth-order valence-corrected chi connectivity index (χ4v) is 3.80. The normalized spacial score (nSPS) is 15.0. The van der Waals surface area contributed by atoms with Crippen molar-refractivity contribution in [3.63, 3.8) is 0 Å². The van der Waals surface area contributed by atoms with Crippen LogP contribution in [0.15, 0.2) is 41.6 Å². The van der Waals surface area contributed by atoms with Crippen molar-refractivity contribution in [2.45, 2.75) is 38.6 Å². The second-order valence-electron chi connectivity index (χ2n) is 7.55. The van der Waals surface area contributed by atoms with Crippen molar-refractivity contribution in [3.8, 4) is 5.75 Å². The van der Waals surface area contributed by atoms with E-state index in [1.807, 2.05) is 6.92 Å². The van der Waals surface area contributed by atoms with Gasteiger partial charge in [-0.3, -0.25) is 14.2 Å². The summed E-state index contributed by atoms with van der Waals surface area (Å²) in [7, 11) is 1.58. The van der Waals surface area contributed by atoms with Crippen LogP contribution in [0.3, 0.4) is 0 Å². The number of fused-ring (bicyclic) bond motifs is 1.